The molecule has 3 aliphatic heterocycles. The predicted molar refractivity (Wildman–Crippen MR) is 125 cm³/mol. The van der Waals surface area contributed by atoms with Crippen molar-refractivity contribution in [2.75, 3.05) is 36.6 Å². The number of para-hydroxylation sites is 1. The number of fused-ring (bicyclic) bond motifs is 2. The molecule has 2 aromatic carbocycles. The molecule has 1 atom stereocenters. The lowest BCUT2D eigenvalue weighted by atomic mass is 10.2. The summed E-state index contributed by atoms with van der Waals surface area (Å²) in [6.45, 7) is 1.31. The molecule has 0 radical (unpaired) electrons. The molecule has 172 valence electrons. The first-order chi connectivity index (χ1) is 16.1. The second-order valence-electron chi connectivity index (χ2n) is 8.25. The second kappa shape index (κ2) is 9.35. The predicted octanol–water partition coefficient (Wildman–Crippen LogP) is 3.26. The number of hydrogen-bond acceptors (Lipinski definition) is 6. The summed E-state index contributed by atoms with van der Waals surface area (Å²) in [6.07, 6.45) is 4.11. The highest BCUT2D eigenvalue weighted by Crippen LogP contribution is 2.40. The number of nitrogens with zero attached hydrogens (tertiary/aromatic N) is 2. The highest BCUT2D eigenvalue weighted by molar-refractivity contribution is 8.01. The van der Waals surface area contributed by atoms with Gasteiger partial charge in [0.15, 0.2) is 16.7 Å². The van der Waals surface area contributed by atoms with E-state index in [-0.39, 0.29) is 31.1 Å². The molecular weight excluding hydrogens is 442 g/mol. The summed E-state index contributed by atoms with van der Waals surface area (Å²) in [5.74, 6) is 0.313. The largest absolute Gasteiger partial charge is 0.454 e. The summed E-state index contributed by atoms with van der Waals surface area (Å²) < 4.78 is 10.7. The third-order valence-corrected chi connectivity index (χ3v) is 7.23. The fourth-order valence-corrected chi connectivity index (χ4v) is 5.50. The number of carbonyl (C=O) groups is 3. The lowest BCUT2D eigenvalue weighted by Crippen LogP contribution is -2.51. The highest BCUT2D eigenvalue weighted by Gasteiger charge is 2.40. The Morgan fingerprint density at radius 2 is 1.76 bits per heavy atom. The van der Waals surface area contributed by atoms with Gasteiger partial charge in [-0.3, -0.25) is 14.4 Å². The smallest absolute Gasteiger partial charge is 0.250 e. The molecule has 3 heterocycles. The monoisotopic (exact) mass is 467 g/mol. The molecule has 0 saturated carbocycles. The van der Waals surface area contributed by atoms with E-state index in [1.807, 2.05) is 18.2 Å². The number of hydrogen-bond donors (Lipinski definition) is 1. The van der Waals surface area contributed by atoms with E-state index in [0.717, 1.165) is 30.6 Å². The summed E-state index contributed by atoms with van der Waals surface area (Å²) in [4.78, 5) is 43.7. The average Bonchev–Trinajstić information content (AvgIpc) is 3.11. The topological polar surface area (TPSA) is 88.2 Å². The van der Waals surface area contributed by atoms with Crippen LogP contribution in [0.1, 0.15) is 25.7 Å². The number of anilines is 2. The van der Waals surface area contributed by atoms with Crippen LogP contribution in [0, 0.1) is 0 Å². The zero-order valence-corrected chi connectivity index (χ0v) is 18.9. The maximum absolute atomic E-state index is 13.4. The van der Waals surface area contributed by atoms with Crippen molar-refractivity contribution < 1.29 is 23.9 Å². The molecular formula is C24H25N3O5S. The van der Waals surface area contributed by atoms with Crippen molar-refractivity contribution in [3.05, 3.63) is 42.5 Å². The van der Waals surface area contributed by atoms with Crippen molar-refractivity contribution >= 4 is 40.9 Å². The molecule has 5 rings (SSSR count). The van der Waals surface area contributed by atoms with Gasteiger partial charge in [-0.1, -0.05) is 25.0 Å². The normalized spacial score (nSPS) is 19.6. The van der Waals surface area contributed by atoms with Gasteiger partial charge >= 0.3 is 0 Å². The zero-order chi connectivity index (χ0) is 22.8. The fraction of sp³-hybridized carbons (Fsp3) is 0.375. The summed E-state index contributed by atoms with van der Waals surface area (Å²) in [5, 5.41) is 1.94. The molecule has 2 aromatic rings. The van der Waals surface area contributed by atoms with E-state index >= 15 is 0 Å². The Morgan fingerprint density at radius 3 is 2.58 bits per heavy atom. The Hall–Kier alpha value is -3.20. The van der Waals surface area contributed by atoms with Crippen LogP contribution in [0.15, 0.2) is 47.4 Å². The van der Waals surface area contributed by atoms with Crippen LogP contribution in [0.25, 0.3) is 0 Å². The van der Waals surface area contributed by atoms with Gasteiger partial charge in [0.25, 0.3) is 5.91 Å². The molecule has 3 amide bonds. The molecule has 8 nitrogen and oxygen atoms in total. The van der Waals surface area contributed by atoms with Gasteiger partial charge in [-0.25, -0.2) is 0 Å². The average molecular weight is 468 g/mol. The number of benzene rings is 2. The number of likely N-dealkylation sites (tertiary alicyclic amines) is 1. The zero-order valence-electron chi connectivity index (χ0n) is 18.1. The van der Waals surface area contributed by atoms with E-state index in [2.05, 4.69) is 5.32 Å². The van der Waals surface area contributed by atoms with Crippen molar-refractivity contribution in [2.24, 2.45) is 0 Å². The lowest BCUT2D eigenvalue weighted by Gasteiger charge is -2.34. The van der Waals surface area contributed by atoms with Gasteiger partial charge in [-0.05, 0) is 37.1 Å². The molecule has 1 N–H and O–H groups in total. The first-order valence-electron chi connectivity index (χ1n) is 11.2. The molecule has 0 bridgehead atoms. The summed E-state index contributed by atoms with van der Waals surface area (Å²) in [7, 11) is 0. The lowest BCUT2D eigenvalue weighted by molar-refractivity contribution is -0.135. The van der Waals surface area contributed by atoms with E-state index < -0.39 is 5.25 Å². The van der Waals surface area contributed by atoms with Crippen LogP contribution in [0.3, 0.4) is 0 Å². The highest BCUT2D eigenvalue weighted by atomic mass is 32.2. The van der Waals surface area contributed by atoms with E-state index in [1.54, 1.807) is 29.2 Å². The molecule has 3 aliphatic rings. The Morgan fingerprint density at radius 1 is 1.00 bits per heavy atom. The van der Waals surface area contributed by atoms with Crippen molar-refractivity contribution in [2.45, 2.75) is 35.8 Å². The molecule has 0 spiro atoms. The molecule has 33 heavy (non-hydrogen) atoms. The van der Waals surface area contributed by atoms with Gasteiger partial charge in [0, 0.05) is 29.7 Å². The second-order valence-corrected chi connectivity index (χ2v) is 9.39. The Kier molecular flexibility index (Phi) is 6.13. The van der Waals surface area contributed by atoms with Crippen LogP contribution in [-0.2, 0) is 14.4 Å². The number of nitrogens with one attached hydrogen (secondary N) is 1. The maximum Gasteiger partial charge on any atom is 0.250 e. The molecule has 9 heteroatoms. The van der Waals surface area contributed by atoms with Crippen molar-refractivity contribution in [3.63, 3.8) is 0 Å². The van der Waals surface area contributed by atoms with Crippen LogP contribution in [0.5, 0.6) is 11.5 Å². The molecule has 1 fully saturated rings. The van der Waals surface area contributed by atoms with Crippen molar-refractivity contribution in [3.8, 4) is 11.5 Å². The SMILES string of the molecule is O=C(CN1C(=O)[C@H](C(=O)N2CCCCCC2)Sc2ccccc21)Nc1ccc2c(c1)OCO2. The Bertz CT molecular complexity index is 1080. The molecule has 0 unspecified atom stereocenters. The van der Waals surface area contributed by atoms with Gasteiger partial charge < -0.3 is 24.6 Å². The number of rotatable bonds is 4. The molecule has 0 aromatic heterocycles. The first-order valence-corrected chi connectivity index (χ1v) is 12.0. The van der Waals surface area contributed by atoms with E-state index in [1.165, 1.54) is 16.7 Å². The van der Waals surface area contributed by atoms with Crippen LogP contribution < -0.4 is 19.7 Å². The maximum atomic E-state index is 13.4. The van der Waals surface area contributed by atoms with Crippen LogP contribution in [0.2, 0.25) is 0 Å². The van der Waals surface area contributed by atoms with Gasteiger partial charge in [0.05, 0.1) is 5.69 Å². The summed E-state index contributed by atoms with van der Waals surface area (Å²) in [6, 6.07) is 12.5. The number of carbonyl (C=O) groups excluding carboxylic acids is 3. The first kappa shape index (κ1) is 21.6. The number of amides is 3. The third kappa shape index (κ3) is 4.50. The van der Waals surface area contributed by atoms with E-state index in [4.69, 9.17) is 9.47 Å². The van der Waals surface area contributed by atoms with E-state index in [0.29, 0.717) is 36.0 Å². The number of ether oxygens (including phenoxy) is 2. The minimum atomic E-state index is -0.878. The van der Waals surface area contributed by atoms with E-state index in [9.17, 15) is 14.4 Å². The van der Waals surface area contributed by atoms with Crippen molar-refractivity contribution in [1.82, 2.24) is 4.90 Å². The minimum absolute atomic E-state index is 0.149. The van der Waals surface area contributed by atoms with Crippen LogP contribution in [-0.4, -0.2) is 54.3 Å². The standard InChI is InChI=1S/C24H25N3O5S/c28-21(25-16-9-10-18-19(13-16)32-15-31-18)14-27-17-7-3-4-8-20(17)33-22(24(27)30)23(29)26-11-5-1-2-6-12-26/h3-4,7-10,13,22H,1-2,5-6,11-12,14-15H2,(H,25,28)/t22-/m0/s1. The van der Waals surface area contributed by atoms with Gasteiger partial charge in [0.2, 0.25) is 18.6 Å². The van der Waals surface area contributed by atoms with Crippen LogP contribution in [0.4, 0.5) is 11.4 Å². The Balaban J connectivity index is 1.34. The quantitative estimate of drug-likeness (QED) is 0.695. The third-order valence-electron chi connectivity index (χ3n) is 5.99. The Labute approximate surface area is 196 Å². The van der Waals surface area contributed by atoms with Gasteiger partial charge in [0.1, 0.15) is 6.54 Å². The van der Waals surface area contributed by atoms with Gasteiger partial charge in [-0.2, -0.15) is 0 Å². The number of thioether (sulfide) groups is 1. The molecule has 0 aliphatic carbocycles. The summed E-state index contributed by atoms with van der Waals surface area (Å²) >= 11 is 1.28. The minimum Gasteiger partial charge on any atom is -0.454 e. The molecule has 1 saturated heterocycles. The van der Waals surface area contributed by atoms with Gasteiger partial charge in [-0.15, -0.1) is 11.8 Å². The van der Waals surface area contributed by atoms with Crippen LogP contribution >= 0.6 is 11.8 Å². The fourth-order valence-electron chi connectivity index (χ4n) is 4.31. The van der Waals surface area contributed by atoms with Crippen molar-refractivity contribution in [1.29, 1.82) is 0 Å². The summed E-state index contributed by atoms with van der Waals surface area (Å²) in [5.41, 5.74) is 1.20.